The standard InChI is InChI=1S/C26H28N4O3/c1-17-6-8-18(9-7-17)12-19(31)14-30(2)26-22-4-3-5-23(22)28-25(29-26)24-13-20(10-11-27-24)33-21-15-32-16-21/h6-11,13,21H,3-5,12,14-16H2,1-2H3. The average molecular weight is 445 g/mol. The SMILES string of the molecule is Cc1ccc(CC(=O)CN(C)c2nc(-c3cc(OC4COC4)ccn3)nc3c2CCC3)cc1. The molecule has 0 atom stereocenters. The van der Waals surface area contributed by atoms with Crippen LogP contribution in [0.5, 0.6) is 5.75 Å². The van der Waals surface area contributed by atoms with Gasteiger partial charge in [-0.3, -0.25) is 9.78 Å². The minimum absolute atomic E-state index is 0.0856. The van der Waals surface area contributed by atoms with Gasteiger partial charge < -0.3 is 14.4 Å². The number of hydrogen-bond donors (Lipinski definition) is 0. The maximum Gasteiger partial charge on any atom is 0.180 e. The van der Waals surface area contributed by atoms with Crippen molar-refractivity contribution in [2.45, 2.75) is 38.7 Å². The normalized spacial score (nSPS) is 15.1. The van der Waals surface area contributed by atoms with Crippen LogP contribution < -0.4 is 9.64 Å². The van der Waals surface area contributed by atoms with Crippen LogP contribution in [0.25, 0.3) is 11.5 Å². The lowest BCUT2D eigenvalue weighted by molar-refractivity contribution is -0.117. The summed E-state index contributed by atoms with van der Waals surface area (Å²) >= 11 is 0. The molecule has 33 heavy (non-hydrogen) atoms. The van der Waals surface area contributed by atoms with Gasteiger partial charge in [0.25, 0.3) is 0 Å². The maximum absolute atomic E-state index is 12.8. The lowest BCUT2D eigenvalue weighted by Crippen LogP contribution is -2.38. The smallest absolute Gasteiger partial charge is 0.180 e. The number of benzene rings is 1. The molecule has 0 saturated carbocycles. The summed E-state index contributed by atoms with van der Waals surface area (Å²) in [6, 6.07) is 11.8. The van der Waals surface area contributed by atoms with E-state index in [1.165, 1.54) is 5.56 Å². The molecule has 3 aromatic rings. The van der Waals surface area contributed by atoms with Gasteiger partial charge in [0.05, 0.1) is 19.8 Å². The minimum atomic E-state index is 0.0856. The molecular weight excluding hydrogens is 416 g/mol. The van der Waals surface area contributed by atoms with Crippen LogP contribution in [0.4, 0.5) is 5.82 Å². The number of carbonyl (C=O) groups excluding carboxylic acids is 1. The number of Topliss-reactive ketones (excluding diaryl/α,β-unsaturated/α-hetero) is 1. The first kappa shape index (κ1) is 21.5. The molecule has 0 spiro atoms. The van der Waals surface area contributed by atoms with Crippen LogP contribution in [0.15, 0.2) is 42.6 Å². The fourth-order valence-electron chi connectivity index (χ4n) is 4.25. The van der Waals surface area contributed by atoms with E-state index in [1.54, 1.807) is 6.20 Å². The number of nitrogens with zero attached hydrogens (tertiary/aromatic N) is 4. The molecule has 1 aliphatic heterocycles. The van der Waals surface area contributed by atoms with Gasteiger partial charge in [-0.05, 0) is 37.8 Å². The summed E-state index contributed by atoms with van der Waals surface area (Å²) in [6.45, 7) is 3.57. The predicted molar refractivity (Wildman–Crippen MR) is 126 cm³/mol. The third kappa shape index (κ3) is 4.88. The van der Waals surface area contributed by atoms with Crippen molar-refractivity contribution in [3.8, 4) is 17.3 Å². The molecule has 0 bridgehead atoms. The summed E-state index contributed by atoms with van der Waals surface area (Å²) in [4.78, 5) is 28.9. The van der Waals surface area contributed by atoms with Gasteiger partial charge in [-0.2, -0.15) is 0 Å². The Hall–Kier alpha value is -3.32. The first-order chi connectivity index (χ1) is 16.0. The second kappa shape index (κ2) is 9.27. The number of ketones is 1. The van der Waals surface area contributed by atoms with Crippen LogP contribution >= 0.6 is 0 Å². The van der Waals surface area contributed by atoms with Gasteiger partial charge in [-0.15, -0.1) is 0 Å². The van der Waals surface area contributed by atoms with Crippen molar-refractivity contribution in [2.75, 3.05) is 31.7 Å². The zero-order valence-corrected chi connectivity index (χ0v) is 19.1. The monoisotopic (exact) mass is 444 g/mol. The van der Waals surface area contributed by atoms with Crippen molar-refractivity contribution in [3.05, 3.63) is 65.0 Å². The van der Waals surface area contributed by atoms with E-state index in [2.05, 4.69) is 4.98 Å². The topological polar surface area (TPSA) is 77.4 Å². The van der Waals surface area contributed by atoms with Crippen molar-refractivity contribution in [1.29, 1.82) is 0 Å². The first-order valence-corrected chi connectivity index (χ1v) is 11.4. The van der Waals surface area contributed by atoms with Gasteiger partial charge >= 0.3 is 0 Å². The third-order valence-corrected chi connectivity index (χ3v) is 6.08. The molecule has 1 aliphatic carbocycles. The van der Waals surface area contributed by atoms with Crippen molar-refractivity contribution in [1.82, 2.24) is 15.0 Å². The Labute approximate surface area is 193 Å². The second-order valence-electron chi connectivity index (χ2n) is 8.86. The summed E-state index contributed by atoms with van der Waals surface area (Å²) < 4.78 is 11.1. The van der Waals surface area contributed by atoms with Gasteiger partial charge in [-0.1, -0.05) is 29.8 Å². The van der Waals surface area contributed by atoms with E-state index in [0.29, 0.717) is 37.7 Å². The highest BCUT2D eigenvalue weighted by atomic mass is 16.6. The van der Waals surface area contributed by atoms with E-state index in [4.69, 9.17) is 19.4 Å². The van der Waals surface area contributed by atoms with Crippen LogP contribution in [-0.2, 0) is 28.8 Å². The second-order valence-corrected chi connectivity index (χ2v) is 8.86. The van der Waals surface area contributed by atoms with Crippen LogP contribution in [0.3, 0.4) is 0 Å². The largest absolute Gasteiger partial charge is 0.485 e. The van der Waals surface area contributed by atoms with E-state index in [0.717, 1.165) is 47.7 Å². The highest BCUT2D eigenvalue weighted by Gasteiger charge is 2.24. The number of hydrogen-bond acceptors (Lipinski definition) is 7. The molecule has 0 amide bonds. The molecule has 0 unspecified atom stereocenters. The predicted octanol–water partition coefficient (Wildman–Crippen LogP) is 3.36. The highest BCUT2D eigenvalue weighted by molar-refractivity contribution is 5.85. The molecule has 3 heterocycles. The number of likely N-dealkylation sites (N-methyl/N-ethyl adjacent to an activating group) is 1. The molecule has 1 saturated heterocycles. The Bertz CT molecular complexity index is 1160. The Kier molecular flexibility index (Phi) is 6.05. The number of anilines is 1. The van der Waals surface area contributed by atoms with E-state index in [1.807, 2.05) is 55.3 Å². The number of pyridine rings is 1. The average Bonchev–Trinajstić information content (AvgIpc) is 3.26. The van der Waals surface area contributed by atoms with Gasteiger partial charge in [0.2, 0.25) is 0 Å². The summed E-state index contributed by atoms with van der Waals surface area (Å²) in [5.74, 6) is 2.29. The molecule has 7 nitrogen and oxygen atoms in total. The van der Waals surface area contributed by atoms with Crippen molar-refractivity contribution in [3.63, 3.8) is 0 Å². The Morgan fingerprint density at radius 2 is 1.97 bits per heavy atom. The lowest BCUT2D eigenvalue weighted by atomic mass is 10.1. The van der Waals surface area contributed by atoms with Gasteiger partial charge in [0, 0.05) is 37.0 Å². The van der Waals surface area contributed by atoms with E-state index < -0.39 is 0 Å². The fraction of sp³-hybridized carbons (Fsp3) is 0.385. The van der Waals surface area contributed by atoms with Gasteiger partial charge in [0.1, 0.15) is 23.4 Å². The van der Waals surface area contributed by atoms with E-state index >= 15 is 0 Å². The molecule has 7 heteroatoms. The molecule has 0 radical (unpaired) electrons. The van der Waals surface area contributed by atoms with Crippen molar-refractivity contribution < 1.29 is 14.3 Å². The molecule has 170 valence electrons. The molecule has 1 fully saturated rings. The summed E-state index contributed by atoms with van der Waals surface area (Å²) in [5.41, 5.74) is 5.09. The molecule has 5 rings (SSSR count). The van der Waals surface area contributed by atoms with Crippen LogP contribution in [-0.4, -0.2) is 53.6 Å². The number of aryl methyl sites for hydroxylation is 2. The minimum Gasteiger partial charge on any atom is -0.485 e. The van der Waals surface area contributed by atoms with Crippen molar-refractivity contribution in [2.24, 2.45) is 0 Å². The summed E-state index contributed by atoms with van der Waals surface area (Å²) in [6.07, 6.45) is 5.11. The Balaban J connectivity index is 1.37. The number of fused-ring (bicyclic) bond motifs is 1. The van der Waals surface area contributed by atoms with Crippen molar-refractivity contribution >= 4 is 11.6 Å². The zero-order valence-electron chi connectivity index (χ0n) is 19.1. The first-order valence-electron chi connectivity index (χ1n) is 11.4. The Morgan fingerprint density at radius 1 is 1.15 bits per heavy atom. The molecule has 2 aromatic heterocycles. The van der Waals surface area contributed by atoms with E-state index in [9.17, 15) is 4.79 Å². The molecule has 2 aliphatic rings. The number of rotatable bonds is 8. The highest BCUT2D eigenvalue weighted by Crippen LogP contribution is 2.31. The zero-order chi connectivity index (χ0) is 22.8. The van der Waals surface area contributed by atoms with Crippen LogP contribution in [0.1, 0.15) is 28.8 Å². The Morgan fingerprint density at radius 3 is 2.73 bits per heavy atom. The number of carbonyl (C=O) groups is 1. The number of ether oxygens (including phenoxy) is 2. The lowest BCUT2D eigenvalue weighted by Gasteiger charge is -2.26. The molecule has 1 aromatic carbocycles. The van der Waals surface area contributed by atoms with Gasteiger partial charge in [-0.25, -0.2) is 9.97 Å². The van der Waals surface area contributed by atoms with Gasteiger partial charge in [0.15, 0.2) is 11.6 Å². The fourth-order valence-corrected chi connectivity index (χ4v) is 4.25. The quantitative estimate of drug-likeness (QED) is 0.527. The summed E-state index contributed by atoms with van der Waals surface area (Å²) in [7, 11) is 1.93. The third-order valence-electron chi connectivity index (χ3n) is 6.08. The molecule has 0 N–H and O–H groups in total. The van der Waals surface area contributed by atoms with E-state index in [-0.39, 0.29) is 11.9 Å². The molecular formula is C26H28N4O3. The van der Waals surface area contributed by atoms with Crippen LogP contribution in [0, 0.1) is 6.92 Å². The van der Waals surface area contributed by atoms with Crippen LogP contribution in [0.2, 0.25) is 0 Å². The summed E-state index contributed by atoms with van der Waals surface area (Å²) in [5, 5.41) is 0. The maximum atomic E-state index is 12.8. The number of aromatic nitrogens is 3.